The molecule has 2 aromatic carbocycles. The normalized spacial score (nSPS) is 11.7. The summed E-state index contributed by atoms with van der Waals surface area (Å²) in [5.41, 5.74) is 2.29. The maximum absolute atomic E-state index is 5.75. The van der Waals surface area contributed by atoms with Crippen molar-refractivity contribution in [2.45, 2.75) is 32.7 Å². The van der Waals surface area contributed by atoms with Crippen LogP contribution in [-0.4, -0.2) is 24.9 Å². The van der Waals surface area contributed by atoms with Crippen LogP contribution in [0.2, 0.25) is 0 Å². The van der Waals surface area contributed by atoms with Crippen LogP contribution in [0.3, 0.4) is 0 Å². The predicted molar refractivity (Wildman–Crippen MR) is 108 cm³/mol. The molecule has 0 aliphatic heterocycles. The molecule has 0 aliphatic rings. The average Bonchev–Trinajstić information content (AvgIpc) is 2.60. The zero-order chi connectivity index (χ0) is 18.2. The maximum atomic E-state index is 5.75. The molecule has 5 heteroatoms. The lowest BCUT2D eigenvalue weighted by Crippen LogP contribution is -2.39. The molecule has 1 atom stereocenters. The van der Waals surface area contributed by atoms with Gasteiger partial charge in [0.25, 0.3) is 0 Å². The molecule has 1 unspecified atom stereocenters. The largest absolute Gasteiger partial charge is 0.497 e. The summed E-state index contributed by atoms with van der Waals surface area (Å²) in [6.45, 7) is 6.90. The van der Waals surface area contributed by atoms with E-state index in [-0.39, 0.29) is 6.04 Å². The molecular formula is C20H26N2O2S. The zero-order valence-electron chi connectivity index (χ0n) is 15.2. The third-order valence-corrected chi connectivity index (χ3v) is 3.99. The lowest BCUT2D eigenvalue weighted by molar-refractivity contribution is 0.286. The summed E-state index contributed by atoms with van der Waals surface area (Å²) >= 11 is 5.37. The number of methoxy groups -OCH3 is 1. The number of rotatable bonds is 7. The molecule has 0 aliphatic carbocycles. The Bertz CT molecular complexity index is 669. The van der Waals surface area contributed by atoms with E-state index in [0.717, 1.165) is 17.2 Å². The van der Waals surface area contributed by atoms with Crippen molar-refractivity contribution >= 4 is 23.0 Å². The maximum Gasteiger partial charge on any atom is 0.171 e. The number of hydrogen-bond acceptors (Lipinski definition) is 3. The monoisotopic (exact) mass is 358 g/mol. The summed E-state index contributed by atoms with van der Waals surface area (Å²) in [5.74, 6) is 2.14. The first kappa shape index (κ1) is 19.1. The molecule has 2 N–H and O–H groups in total. The number of benzene rings is 2. The van der Waals surface area contributed by atoms with Crippen LogP contribution in [0.15, 0.2) is 48.5 Å². The van der Waals surface area contributed by atoms with Gasteiger partial charge in [0.1, 0.15) is 18.1 Å². The van der Waals surface area contributed by atoms with E-state index in [4.69, 9.17) is 21.7 Å². The van der Waals surface area contributed by atoms with Gasteiger partial charge >= 0.3 is 0 Å². The molecule has 0 saturated heterocycles. The summed E-state index contributed by atoms with van der Waals surface area (Å²) in [7, 11) is 1.65. The summed E-state index contributed by atoms with van der Waals surface area (Å²) in [6.07, 6.45) is 0. The van der Waals surface area contributed by atoms with Crippen molar-refractivity contribution in [3.63, 3.8) is 0 Å². The van der Waals surface area contributed by atoms with Crippen LogP contribution in [0.25, 0.3) is 0 Å². The smallest absolute Gasteiger partial charge is 0.171 e. The summed E-state index contributed by atoms with van der Waals surface area (Å²) in [5, 5.41) is 7.02. The highest BCUT2D eigenvalue weighted by Crippen LogP contribution is 2.18. The molecule has 0 spiro atoms. The van der Waals surface area contributed by atoms with Gasteiger partial charge in [-0.1, -0.05) is 26.0 Å². The molecule has 25 heavy (non-hydrogen) atoms. The number of ether oxygens (including phenoxy) is 2. The van der Waals surface area contributed by atoms with Crippen LogP contribution in [0.4, 0.5) is 5.69 Å². The van der Waals surface area contributed by atoms with E-state index >= 15 is 0 Å². The fraction of sp³-hybridized carbons (Fsp3) is 0.350. The highest BCUT2D eigenvalue weighted by Gasteiger charge is 2.06. The third-order valence-electron chi connectivity index (χ3n) is 3.77. The minimum atomic E-state index is 0.0806. The Morgan fingerprint density at radius 1 is 0.960 bits per heavy atom. The second-order valence-electron chi connectivity index (χ2n) is 6.26. The molecule has 0 saturated carbocycles. The van der Waals surface area contributed by atoms with E-state index in [9.17, 15) is 0 Å². The van der Waals surface area contributed by atoms with E-state index < -0.39 is 0 Å². The van der Waals surface area contributed by atoms with Gasteiger partial charge in [-0.3, -0.25) is 0 Å². The van der Waals surface area contributed by atoms with E-state index in [1.54, 1.807) is 7.11 Å². The topological polar surface area (TPSA) is 42.5 Å². The number of nitrogens with one attached hydrogen (secondary N) is 2. The van der Waals surface area contributed by atoms with E-state index in [0.29, 0.717) is 17.6 Å². The molecular weight excluding hydrogens is 332 g/mol. The summed E-state index contributed by atoms with van der Waals surface area (Å²) in [4.78, 5) is 0. The van der Waals surface area contributed by atoms with Crippen molar-refractivity contribution < 1.29 is 9.47 Å². The first-order valence-corrected chi connectivity index (χ1v) is 8.83. The molecule has 134 valence electrons. The second-order valence-corrected chi connectivity index (χ2v) is 6.67. The Balaban J connectivity index is 1.77. The van der Waals surface area contributed by atoms with Crippen LogP contribution in [0.1, 0.15) is 32.3 Å². The number of anilines is 1. The van der Waals surface area contributed by atoms with Crippen LogP contribution < -0.4 is 20.1 Å². The van der Waals surface area contributed by atoms with Gasteiger partial charge in [-0.2, -0.15) is 0 Å². The molecule has 0 aromatic heterocycles. The Kier molecular flexibility index (Phi) is 7.07. The third kappa shape index (κ3) is 6.27. The fourth-order valence-electron chi connectivity index (χ4n) is 2.28. The Morgan fingerprint density at radius 2 is 1.56 bits per heavy atom. The molecule has 0 heterocycles. The lowest BCUT2D eigenvalue weighted by atomic mass is 10.0. The van der Waals surface area contributed by atoms with E-state index in [2.05, 4.69) is 36.6 Å². The van der Waals surface area contributed by atoms with Gasteiger partial charge in [0.15, 0.2) is 5.11 Å². The van der Waals surface area contributed by atoms with E-state index in [1.165, 1.54) is 5.56 Å². The van der Waals surface area contributed by atoms with Gasteiger partial charge in [-0.05, 0) is 67.0 Å². The first-order chi connectivity index (χ1) is 12.0. The molecule has 0 bridgehead atoms. The van der Waals surface area contributed by atoms with Gasteiger partial charge < -0.3 is 20.1 Å². The summed E-state index contributed by atoms with van der Waals surface area (Å²) < 4.78 is 10.9. The predicted octanol–water partition coefficient (Wildman–Crippen LogP) is 4.57. The van der Waals surface area contributed by atoms with Crippen LogP contribution in [0.5, 0.6) is 11.5 Å². The van der Waals surface area contributed by atoms with Crippen LogP contribution in [0, 0.1) is 0 Å². The van der Waals surface area contributed by atoms with Gasteiger partial charge in [-0.25, -0.2) is 0 Å². The molecule has 2 rings (SSSR count). The Hall–Kier alpha value is -2.27. The molecule has 4 nitrogen and oxygen atoms in total. The van der Waals surface area contributed by atoms with Crippen LogP contribution in [-0.2, 0) is 0 Å². The van der Waals surface area contributed by atoms with Gasteiger partial charge in [0.05, 0.1) is 13.2 Å². The SMILES string of the molecule is COc1ccc(OCC(C)NC(=S)Nc2ccc(C(C)C)cc2)cc1. The molecule has 2 aromatic rings. The van der Waals surface area contributed by atoms with E-state index in [1.807, 2.05) is 43.3 Å². The molecule has 0 amide bonds. The Labute approximate surface area is 155 Å². The summed E-state index contributed by atoms with van der Waals surface area (Å²) in [6, 6.07) is 15.9. The molecule has 0 radical (unpaired) electrons. The minimum absolute atomic E-state index is 0.0806. The van der Waals surface area contributed by atoms with Gasteiger partial charge in [0.2, 0.25) is 0 Å². The zero-order valence-corrected chi connectivity index (χ0v) is 16.0. The van der Waals surface area contributed by atoms with Gasteiger partial charge in [-0.15, -0.1) is 0 Å². The quantitative estimate of drug-likeness (QED) is 0.710. The van der Waals surface area contributed by atoms with Crippen molar-refractivity contribution in [2.75, 3.05) is 19.0 Å². The fourth-order valence-corrected chi connectivity index (χ4v) is 2.60. The van der Waals surface area contributed by atoms with Crippen molar-refractivity contribution in [1.29, 1.82) is 0 Å². The highest BCUT2D eigenvalue weighted by atomic mass is 32.1. The first-order valence-electron chi connectivity index (χ1n) is 8.42. The lowest BCUT2D eigenvalue weighted by Gasteiger charge is -2.18. The van der Waals surface area contributed by atoms with Crippen molar-refractivity contribution in [3.05, 3.63) is 54.1 Å². The highest BCUT2D eigenvalue weighted by molar-refractivity contribution is 7.80. The second kappa shape index (κ2) is 9.28. The minimum Gasteiger partial charge on any atom is -0.497 e. The Morgan fingerprint density at radius 3 is 2.12 bits per heavy atom. The van der Waals surface area contributed by atoms with Crippen molar-refractivity contribution in [3.8, 4) is 11.5 Å². The number of thiocarbonyl (C=S) groups is 1. The van der Waals surface area contributed by atoms with Crippen molar-refractivity contribution in [2.24, 2.45) is 0 Å². The standard InChI is InChI=1S/C20H26N2O2S/c1-14(2)16-5-7-17(8-6-16)22-20(25)21-15(3)13-24-19-11-9-18(23-4)10-12-19/h5-12,14-15H,13H2,1-4H3,(H2,21,22,25). The van der Waals surface area contributed by atoms with Crippen molar-refractivity contribution in [1.82, 2.24) is 5.32 Å². The number of hydrogen-bond donors (Lipinski definition) is 2. The average molecular weight is 359 g/mol. The molecule has 0 fully saturated rings. The van der Waals surface area contributed by atoms with Gasteiger partial charge in [0, 0.05) is 5.69 Å². The van der Waals surface area contributed by atoms with Crippen LogP contribution >= 0.6 is 12.2 Å².